The Morgan fingerprint density at radius 1 is 0.949 bits per heavy atom. The van der Waals surface area contributed by atoms with Crippen LogP contribution < -0.4 is 10.0 Å². The number of carbonyl (C=O) groups is 2. The van der Waals surface area contributed by atoms with Gasteiger partial charge >= 0.3 is 5.97 Å². The molecule has 8 nitrogen and oxygen atoms in total. The van der Waals surface area contributed by atoms with Gasteiger partial charge in [-0.05, 0) is 41.8 Å². The van der Waals surface area contributed by atoms with Crippen molar-refractivity contribution in [2.75, 3.05) is 23.7 Å². The molecule has 1 amide bonds. The van der Waals surface area contributed by atoms with Gasteiger partial charge in [0.25, 0.3) is 15.9 Å². The summed E-state index contributed by atoms with van der Waals surface area (Å²) in [6, 6.07) is 24.5. The van der Waals surface area contributed by atoms with E-state index in [9.17, 15) is 18.0 Å². The van der Waals surface area contributed by atoms with Gasteiger partial charge in [0.1, 0.15) is 5.00 Å². The summed E-state index contributed by atoms with van der Waals surface area (Å²) < 4.78 is 33.4. The first-order valence-electron chi connectivity index (χ1n) is 12.3. The number of esters is 1. The van der Waals surface area contributed by atoms with Crippen molar-refractivity contribution in [1.82, 2.24) is 4.90 Å². The highest BCUT2D eigenvalue weighted by molar-refractivity contribution is 7.92. The minimum Gasteiger partial charge on any atom is -0.465 e. The Bertz CT molecular complexity index is 1600. The van der Waals surface area contributed by atoms with E-state index in [1.165, 1.54) is 48.3 Å². The zero-order valence-electron chi connectivity index (χ0n) is 21.2. The lowest BCUT2D eigenvalue weighted by Crippen LogP contribution is -2.29. The zero-order valence-corrected chi connectivity index (χ0v) is 22.8. The average molecular weight is 562 g/mol. The van der Waals surface area contributed by atoms with Crippen LogP contribution >= 0.6 is 11.3 Å². The summed E-state index contributed by atoms with van der Waals surface area (Å²) in [5.74, 6) is -1.05. The Balaban J connectivity index is 1.40. The molecule has 5 rings (SSSR count). The molecular weight excluding hydrogens is 534 g/mol. The standard InChI is InChI=1S/C29H27N3O5S2/c1-37-29(34)26-23-16-17-32(18-20-10-4-2-5-11-20)19-25(23)38-28(26)30-27(33)22-14-8-9-15-24(22)31-39(35,36)21-12-6-3-7-13-21/h2-15,31H,16-19H2,1H3,(H,30,33). The summed E-state index contributed by atoms with van der Waals surface area (Å²) in [6.45, 7) is 2.19. The number of amides is 1. The molecule has 1 aliphatic rings. The van der Waals surface area contributed by atoms with E-state index in [0.29, 0.717) is 23.5 Å². The molecule has 0 fully saturated rings. The fourth-order valence-corrected chi connectivity index (χ4v) is 6.96. The summed E-state index contributed by atoms with van der Waals surface area (Å²) in [4.78, 5) is 29.6. The summed E-state index contributed by atoms with van der Waals surface area (Å²) in [5, 5.41) is 3.24. The Morgan fingerprint density at radius 3 is 2.33 bits per heavy atom. The first kappa shape index (κ1) is 26.6. The number of fused-ring (bicyclic) bond motifs is 1. The lowest BCUT2D eigenvalue weighted by atomic mass is 10.0. The molecule has 0 atom stereocenters. The van der Waals surface area contributed by atoms with Crippen LogP contribution in [0.1, 0.15) is 36.7 Å². The fourth-order valence-electron chi connectivity index (χ4n) is 4.58. The van der Waals surface area contributed by atoms with Crippen LogP contribution in [0.5, 0.6) is 0 Å². The van der Waals surface area contributed by atoms with Crippen molar-refractivity contribution in [2.45, 2.75) is 24.4 Å². The highest BCUT2D eigenvalue weighted by atomic mass is 32.2. The van der Waals surface area contributed by atoms with Crippen molar-refractivity contribution in [3.05, 3.63) is 112 Å². The van der Waals surface area contributed by atoms with Crippen molar-refractivity contribution < 1.29 is 22.7 Å². The average Bonchev–Trinajstić information content (AvgIpc) is 3.30. The van der Waals surface area contributed by atoms with Gasteiger partial charge in [0, 0.05) is 24.5 Å². The van der Waals surface area contributed by atoms with Crippen LogP contribution in [-0.2, 0) is 34.3 Å². The maximum atomic E-state index is 13.4. The molecule has 0 spiro atoms. The van der Waals surface area contributed by atoms with Crippen molar-refractivity contribution in [2.24, 2.45) is 0 Å². The van der Waals surface area contributed by atoms with Crippen molar-refractivity contribution in [1.29, 1.82) is 0 Å². The Hall–Kier alpha value is -3.99. The molecule has 2 N–H and O–H groups in total. The lowest BCUT2D eigenvalue weighted by molar-refractivity contribution is 0.0600. The smallest absolute Gasteiger partial charge is 0.341 e. The maximum Gasteiger partial charge on any atom is 0.341 e. The minimum atomic E-state index is -3.91. The van der Waals surface area contributed by atoms with E-state index in [1.54, 1.807) is 30.3 Å². The molecule has 0 radical (unpaired) electrons. The minimum absolute atomic E-state index is 0.0826. The molecule has 2 heterocycles. The van der Waals surface area contributed by atoms with Crippen LogP contribution in [0, 0.1) is 0 Å². The quantitative estimate of drug-likeness (QED) is 0.289. The van der Waals surface area contributed by atoms with Crippen LogP contribution in [0.4, 0.5) is 10.7 Å². The number of hydrogen-bond donors (Lipinski definition) is 2. The molecule has 1 aliphatic heterocycles. The molecule has 0 saturated heterocycles. The number of thiophene rings is 1. The van der Waals surface area contributed by atoms with Crippen LogP contribution in [0.15, 0.2) is 89.8 Å². The number of hydrogen-bond acceptors (Lipinski definition) is 7. The van der Waals surface area contributed by atoms with Gasteiger partial charge in [-0.2, -0.15) is 0 Å². The fraction of sp³-hybridized carbons (Fsp3) is 0.172. The largest absolute Gasteiger partial charge is 0.465 e. The zero-order chi connectivity index (χ0) is 27.4. The summed E-state index contributed by atoms with van der Waals surface area (Å²) in [7, 11) is -2.59. The van der Waals surface area contributed by atoms with E-state index in [4.69, 9.17) is 4.74 Å². The second kappa shape index (κ2) is 11.4. The molecule has 1 aromatic heterocycles. The van der Waals surface area contributed by atoms with Crippen LogP contribution in [0.2, 0.25) is 0 Å². The number of benzene rings is 3. The number of carbonyl (C=O) groups excluding carboxylic acids is 2. The number of ether oxygens (including phenoxy) is 1. The topological polar surface area (TPSA) is 105 Å². The third-order valence-electron chi connectivity index (χ3n) is 6.47. The first-order chi connectivity index (χ1) is 18.9. The van der Waals surface area contributed by atoms with Crippen molar-refractivity contribution in [3.63, 3.8) is 0 Å². The Labute approximate surface area is 231 Å². The molecule has 0 unspecified atom stereocenters. The molecule has 10 heteroatoms. The van der Waals surface area contributed by atoms with E-state index in [0.717, 1.165) is 23.5 Å². The van der Waals surface area contributed by atoms with E-state index in [1.807, 2.05) is 18.2 Å². The third-order valence-corrected chi connectivity index (χ3v) is 8.98. The summed E-state index contributed by atoms with van der Waals surface area (Å²) in [6.07, 6.45) is 0.645. The number of sulfonamides is 1. The number of nitrogens with zero attached hydrogens (tertiary/aromatic N) is 1. The lowest BCUT2D eigenvalue weighted by Gasteiger charge is -2.27. The van der Waals surface area contributed by atoms with E-state index in [2.05, 4.69) is 27.1 Å². The number of rotatable bonds is 8. The highest BCUT2D eigenvalue weighted by Crippen LogP contribution is 2.38. The van der Waals surface area contributed by atoms with Crippen LogP contribution in [0.3, 0.4) is 0 Å². The molecule has 3 aromatic carbocycles. The normalized spacial score (nSPS) is 13.4. The molecule has 200 valence electrons. The molecule has 4 aromatic rings. The van der Waals surface area contributed by atoms with Gasteiger partial charge in [-0.25, -0.2) is 13.2 Å². The van der Waals surface area contributed by atoms with Gasteiger partial charge in [0.15, 0.2) is 0 Å². The number of para-hydroxylation sites is 1. The SMILES string of the molecule is COC(=O)c1c(NC(=O)c2ccccc2NS(=O)(=O)c2ccccc2)sc2c1CCN(Cc1ccccc1)C2. The second-order valence-electron chi connectivity index (χ2n) is 9.06. The van der Waals surface area contributed by atoms with Gasteiger partial charge in [-0.3, -0.25) is 14.4 Å². The second-order valence-corrected chi connectivity index (χ2v) is 11.9. The molecular formula is C29H27N3O5S2. The maximum absolute atomic E-state index is 13.4. The first-order valence-corrected chi connectivity index (χ1v) is 14.6. The van der Waals surface area contributed by atoms with Gasteiger partial charge in [-0.15, -0.1) is 11.3 Å². The number of methoxy groups -OCH3 is 1. The summed E-state index contributed by atoms with van der Waals surface area (Å²) >= 11 is 1.35. The van der Waals surface area contributed by atoms with Crippen LogP contribution in [-0.4, -0.2) is 38.8 Å². The van der Waals surface area contributed by atoms with Gasteiger partial charge in [0.05, 0.1) is 28.8 Å². The van der Waals surface area contributed by atoms with Crippen LogP contribution in [0.25, 0.3) is 0 Å². The molecule has 0 aliphatic carbocycles. The predicted molar refractivity (Wildman–Crippen MR) is 152 cm³/mol. The van der Waals surface area contributed by atoms with E-state index < -0.39 is 21.9 Å². The Kier molecular flexibility index (Phi) is 7.78. The highest BCUT2D eigenvalue weighted by Gasteiger charge is 2.30. The number of anilines is 2. The summed E-state index contributed by atoms with van der Waals surface area (Å²) in [5.41, 5.74) is 2.70. The van der Waals surface area contributed by atoms with E-state index in [-0.39, 0.29) is 16.1 Å². The Morgan fingerprint density at radius 2 is 1.62 bits per heavy atom. The van der Waals surface area contributed by atoms with Gasteiger partial charge in [0.2, 0.25) is 0 Å². The van der Waals surface area contributed by atoms with Crippen molar-refractivity contribution >= 4 is 43.9 Å². The number of nitrogens with one attached hydrogen (secondary N) is 2. The third kappa shape index (κ3) is 5.88. The van der Waals surface area contributed by atoms with Gasteiger partial charge in [-0.1, -0.05) is 60.7 Å². The van der Waals surface area contributed by atoms with E-state index >= 15 is 0 Å². The van der Waals surface area contributed by atoms with Crippen molar-refractivity contribution in [3.8, 4) is 0 Å². The molecule has 39 heavy (non-hydrogen) atoms. The van der Waals surface area contributed by atoms with Gasteiger partial charge < -0.3 is 10.1 Å². The predicted octanol–water partition coefficient (Wildman–Crippen LogP) is 5.15. The molecule has 0 saturated carbocycles. The molecule has 0 bridgehead atoms. The monoisotopic (exact) mass is 561 g/mol.